The lowest BCUT2D eigenvalue weighted by atomic mass is 9.62. The van der Waals surface area contributed by atoms with Gasteiger partial charge in [-0.2, -0.15) is 0 Å². The molecule has 27 heavy (non-hydrogen) atoms. The first-order valence-corrected chi connectivity index (χ1v) is 12.2. The van der Waals surface area contributed by atoms with Gasteiger partial charge in [-0.1, -0.05) is 97.6 Å². The lowest BCUT2D eigenvalue weighted by Gasteiger charge is -2.44. The molecular weight excluding hydrogens is 328 g/mol. The molecule has 0 amide bonds. The Morgan fingerprint density at radius 1 is 1.11 bits per heavy atom. The van der Waals surface area contributed by atoms with Gasteiger partial charge in [0.25, 0.3) is 0 Å². The average Bonchev–Trinajstić information content (AvgIpc) is 2.63. The molecule has 0 heterocycles. The van der Waals surface area contributed by atoms with E-state index in [2.05, 4.69) is 40.7 Å². The van der Waals surface area contributed by atoms with Crippen molar-refractivity contribution >= 4 is 0 Å². The Balaban J connectivity index is 1.75. The first kappa shape index (κ1) is 23.0. The third-order valence-corrected chi connectivity index (χ3v) is 7.94. The van der Waals surface area contributed by atoms with Gasteiger partial charge >= 0.3 is 0 Å². The number of rotatable bonds is 11. The van der Waals surface area contributed by atoms with Crippen LogP contribution in [-0.2, 0) is 0 Å². The molecular formula is C26H48O. The number of hydrogen-bond donors (Lipinski definition) is 1. The second kappa shape index (κ2) is 11.0. The molecule has 0 aliphatic heterocycles. The Labute approximate surface area is 170 Å². The SMILES string of the molecule is CC[C@H](C)[C@@H](CCCCC(C)C)CCC[C@@H]1CC=C2C[C@@H](O)CC[C@]2(C)C1. The topological polar surface area (TPSA) is 20.2 Å². The fourth-order valence-electron chi connectivity index (χ4n) is 5.73. The Hall–Kier alpha value is -0.300. The van der Waals surface area contributed by atoms with Crippen LogP contribution in [0, 0.1) is 29.1 Å². The summed E-state index contributed by atoms with van der Waals surface area (Å²) in [6.45, 7) is 12.0. The quantitative estimate of drug-likeness (QED) is 0.287. The number of allylic oxidation sites excluding steroid dienone is 1. The lowest BCUT2D eigenvalue weighted by Crippen LogP contribution is -2.34. The summed E-state index contributed by atoms with van der Waals surface area (Å²) < 4.78 is 0. The van der Waals surface area contributed by atoms with E-state index in [4.69, 9.17) is 0 Å². The number of unbranched alkanes of at least 4 members (excludes halogenated alkanes) is 1. The zero-order chi connectivity index (χ0) is 19.9. The van der Waals surface area contributed by atoms with Gasteiger partial charge in [-0.15, -0.1) is 0 Å². The Bertz CT molecular complexity index is 451. The van der Waals surface area contributed by atoms with Crippen LogP contribution in [0.2, 0.25) is 0 Å². The van der Waals surface area contributed by atoms with Crippen molar-refractivity contribution < 1.29 is 5.11 Å². The van der Waals surface area contributed by atoms with E-state index >= 15 is 0 Å². The van der Waals surface area contributed by atoms with Gasteiger partial charge in [0.1, 0.15) is 0 Å². The van der Waals surface area contributed by atoms with Gasteiger partial charge in [0, 0.05) is 0 Å². The molecule has 0 unspecified atom stereocenters. The average molecular weight is 377 g/mol. The van der Waals surface area contributed by atoms with E-state index in [1.807, 2.05) is 0 Å². The van der Waals surface area contributed by atoms with Gasteiger partial charge in [-0.05, 0) is 61.2 Å². The molecule has 0 radical (unpaired) electrons. The van der Waals surface area contributed by atoms with Crippen LogP contribution in [0.15, 0.2) is 11.6 Å². The van der Waals surface area contributed by atoms with Crippen LogP contribution in [0.5, 0.6) is 0 Å². The van der Waals surface area contributed by atoms with Crippen molar-refractivity contribution in [1.29, 1.82) is 0 Å². The summed E-state index contributed by atoms with van der Waals surface area (Å²) in [5, 5.41) is 9.98. The van der Waals surface area contributed by atoms with Crippen LogP contribution in [0.25, 0.3) is 0 Å². The van der Waals surface area contributed by atoms with Crippen molar-refractivity contribution in [2.75, 3.05) is 0 Å². The highest BCUT2D eigenvalue weighted by molar-refractivity contribution is 5.20. The maximum Gasteiger partial charge on any atom is 0.0577 e. The van der Waals surface area contributed by atoms with Crippen molar-refractivity contribution in [2.24, 2.45) is 29.1 Å². The Morgan fingerprint density at radius 2 is 1.81 bits per heavy atom. The largest absolute Gasteiger partial charge is 0.393 e. The second-order valence-corrected chi connectivity index (χ2v) is 10.7. The molecule has 0 bridgehead atoms. The monoisotopic (exact) mass is 376 g/mol. The van der Waals surface area contributed by atoms with E-state index in [0.29, 0.717) is 5.41 Å². The van der Waals surface area contributed by atoms with Crippen molar-refractivity contribution in [3.8, 4) is 0 Å². The summed E-state index contributed by atoms with van der Waals surface area (Å²) >= 11 is 0. The highest BCUT2D eigenvalue weighted by atomic mass is 16.3. The van der Waals surface area contributed by atoms with E-state index in [0.717, 1.165) is 36.5 Å². The molecule has 1 fully saturated rings. The summed E-state index contributed by atoms with van der Waals surface area (Å²) in [4.78, 5) is 0. The van der Waals surface area contributed by atoms with Crippen molar-refractivity contribution in [2.45, 2.75) is 124 Å². The molecule has 0 spiro atoms. The molecule has 0 aromatic heterocycles. The van der Waals surface area contributed by atoms with E-state index in [1.54, 1.807) is 5.57 Å². The first-order chi connectivity index (χ1) is 12.8. The zero-order valence-electron chi connectivity index (χ0n) is 19.1. The molecule has 2 rings (SSSR count). The standard InChI is InChI=1S/C26H48O/c1-6-21(4)23(12-8-7-10-20(2)3)13-9-11-22-14-15-24-18-25(27)16-17-26(24,5)19-22/h15,20-23,25,27H,6-14,16-19H2,1-5H3/t21-,22+,23-,25-,26+/m0/s1. The van der Waals surface area contributed by atoms with E-state index in [1.165, 1.54) is 70.6 Å². The second-order valence-electron chi connectivity index (χ2n) is 10.7. The van der Waals surface area contributed by atoms with Gasteiger partial charge in [-0.25, -0.2) is 0 Å². The fourth-order valence-corrected chi connectivity index (χ4v) is 5.73. The molecule has 1 N–H and O–H groups in total. The third-order valence-electron chi connectivity index (χ3n) is 7.94. The normalized spacial score (nSPS) is 30.7. The van der Waals surface area contributed by atoms with Gasteiger partial charge < -0.3 is 5.11 Å². The first-order valence-electron chi connectivity index (χ1n) is 12.2. The highest BCUT2D eigenvalue weighted by Crippen LogP contribution is 2.49. The van der Waals surface area contributed by atoms with Crippen LogP contribution in [0.3, 0.4) is 0 Å². The smallest absolute Gasteiger partial charge is 0.0577 e. The van der Waals surface area contributed by atoms with Crippen molar-refractivity contribution in [3.05, 3.63) is 11.6 Å². The molecule has 2 aliphatic carbocycles. The molecule has 0 aromatic carbocycles. The summed E-state index contributed by atoms with van der Waals surface area (Å²) in [6.07, 6.45) is 19.5. The van der Waals surface area contributed by atoms with Gasteiger partial charge in [0.05, 0.1) is 6.10 Å². The maximum atomic E-state index is 9.98. The maximum absolute atomic E-state index is 9.98. The summed E-state index contributed by atoms with van der Waals surface area (Å²) in [6, 6.07) is 0. The van der Waals surface area contributed by atoms with Crippen LogP contribution in [0.4, 0.5) is 0 Å². The van der Waals surface area contributed by atoms with E-state index in [-0.39, 0.29) is 6.10 Å². The molecule has 1 saturated carbocycles. The Morgan fingerprint density at radius 3 is 2.52 bits per heavy atom. The number of aliphatic hydroxyl groups is 1. The van der Waals surface area contributed by atoms with E-state index in [9.17, 15) is 5.11 Å². The molecule has 2 aliphatic rings. The van der Waals surface area contributed by atoms with Crippen LogP contribution in [0.1, 0.15) is 118 Å². The van der Waals surface area contributed by atoms with Crippen molar-refractivity contribution in [1.82, 2.24) is 0 Å². The summed E-state index contributed by atoms with van der Waals surface area (Å²) in [7, 11) is 0. The molecule has 0 saturated heterocycles. The van der Waals surface area contributed by atoms with Crippen LogP contribution in [-0.4, -0.2) is 11.2 Å². The summed E-state index contributed by atoms with van der Waals surface area (Å²) in [5.41, 5.74) is 1.97. The number of aliphatic hydroxyl groups excluding tert-OH is 1. The fraction of sp³-hybridized carbons (Fsp3) is 0.923. The lowest BCUT2D eigenvalue weighted by molar-refractivity contribution is 0.0926. The summed E-state index contributed by atoms with van der Waals surface area (Å²) in [5.74, 6) is 3.57. The van der Waals surface area contributed by atoms with Crippen molar-refractivity contribution in [3.63, 3.8) is 0 Å². The zero-order valence-corrected chi connectivity index (χ0v) is 19.1. The molecule has 5 atom stereocenters. The molecule has 1 heteroatoms. The van der Waals surface area contributed by atoms with E-state index < -0.39 is 0 Å². The minimum Gasteiger partial charge on any atom is -0.393 e. The minimum absolute atomic E-state index is 0.0761. The predicted molar refractivity (Wildman–Crippen MR) is 119 cm³/mol. The molecule has 1 nitrogen and oxygen atoms in total. The Kier molecular flexibility index (Phi) is 9.39. The predicted octanol–water partition coefficient (Wildman–Crippen LogP) is 7.92. The molecule has 0 aromatic rings. The number of fused-ring (bicyclic) bond motifs is 1. The minimum atomic E-state index is -0.0761. The molecule has 158 valence electrons. The van der Waals surface area contributed by atoms with Gasteiger partial charge in [-0.3, -0.25) is 0 Å². The third kappa shape index (κ3) is 7.22. The van der Waals surface area contributed by atoms with Gasteiger partial charge in [0.2, 0.25) is 0 Å². The number of hydrogen-bond acceptors (Lipinski definition) is 1. The van der Waals surface area contributed by atoms with Gasteiger partial charge in [0.15, 0.2) is 0 Å². The van der Waals surface area contributed by atoms with Crippen LogP contribution < -0.4 is 0 Å². The van der Waals surface area contributed by atoms with Crippen LogP contribution >= 0.6 is 0 Å². The highest BCUT2D eigenvalue weighted by Gasteiger charge is 2.38.